The Morgan fingerprint density at radius 1 is 1.56 bits per heavy atom. The van der Waals surface area contributed by atoms with Crippen molar-refractivity contribution >= 4 is 17.2 Å². The number of thiophene rings is 1. The first-order chi connectivity index (χ1) is 7.72. The highest BCUT2D eigenvalue weighted by Crippen LogP contribution is 2.18. The smallest absolute Gasteiger partial charge is 0.241 e. The molecule has 1 aliphatic rings. The van der Waals surface area contributed by atoms with Gasteiger partial charge in [0.1, 0.15) is 0 Å². The number of amides is 1. The molecule has 0 saturated carbocycles. The van der Waals surface area contributed by atoms with Gasteiger partial charge in [0, 0.05) is 6.54 Å². The van der Waals surface area contributed by atoms with Crippen LogP contribution in [0.25, 0.3) is 0 Å². The fraction of sp³-hybridized carbons (Fsp3) is 0.583. The summed E-state index contributed by atoms with van der Waals surface area (Å²) in [7, 11) is 0. The summed E-state index contributed by atoms with van der Waals surface area (Å²) in [5.41, 5.74) is 2.56. The second-order valence-corrected chi connectivity index (χ2v) is 5.06. The number of nitrogens with zero attached hydrogens (tertiary/aromatic N) is 1. The van der Waals surface area contributed by atoms with E-state index in [4.69, 9.17) is 0 Å². The van der Waals surface area contributed by atoms with Crippen LogP contribution in [0.4, 0.5) is 0 Å². The van der Waals surface area contributed by atoms with Gasteiger partial charge in [-0.2, -0.15) is 11.3 Å². The lowest BCUT2D eigenvalue weighted by atomic mass is 10.1. The van der Waals surface area contributed by atoms with Crippen molar-refractivity contribution in [2.24, 2.45) is 0 Å². The van der Waals surface area contributed by atoms with E-state index in [0.717, 1.165) is 19.4 Å². The number of nitrogens with one attached hydrogen (secondary N) is 1. The zero-order chi connectivity index (χ0) is 11.5. The van der Waals surface area contributed by atoms with E-state index < -0.39 is 0 Å². The third kappa shape index (κ3) is 2.28. The van der Waals surface area contributed by atoms with Crippen molar-refractivity contribution in [3.05, 3.63) is 21.9 Å². The van der Waals surface area contributed by atoms with Crippen LogP contribution in [0.15, 0.2) is 10.8 Å². The summed E-state index contributed by atoms with van der Waals surface area (Å²) in [6.45, 7) is 5.66. The van der Waals surface area contributed by atoms with Crippen molar-refractivity contribution in [2.45, 2.75) is 39.3 Å². The zero-order valence-electron chi connectivity index (χ0n) is 9.82. The van der Waals surface area contributed by atoms with Crippen molar-refractivity contribution in [1.82, 2.24) is 10.2 Å². The molecule has 1 aliphatic heterocycles. The largest absolute Gasteiger partial charge is 0.324 e. The minimum Gasteiger partial charge on any atom is -0.324 e. The number of carbonyl (C=O) groups excluding carboxylic acids is 1. The van der Waals surface area contributed by atoms with E-state index in [1.807, 2.05) is 4.90 Å². The normalized spacial score (nSPS) is 20.8. The van der Waals surface area contributed by atoms with Crippen molar-refractivity contribution in [2.75, 3.05) is 6.67 Å². The third-order valence-corrected chi connectivity index (χ3v) is 3.95. The van der Waals surface area contributed by atoms with E-state index in [1.54, 1.807) is 11.3 Å². The maximum Gasteiger partial charge on any atom is 0.241 e. The molecule has 1 fully saturated rings. The predicted molar refractivity (Wildman–Crippen MR) is 66.3 cm³/mol. The Kier molecular flexibility index (Phi) is 3.61. The van der Waals surface area contributed by atoms with Gasteiger partial charge in [-0.05, 0) is 35.2 Å². The lowest BCUT2D eigenvalue weighted by Crippen LogP contribution is -2.30. The fourth-order valence-electron chi connectivity index (χ4n) is 2.01. The topological polar surface area (TPSA) is 32.3 Å². The summed E-state index contributed by atoms with van der Waals surface area (Å²) in [4.78, 5) is 13.9. The summed E-state index contributed by atoms with van der Waals surface area (Å²) in [5.74, 6) is 0.257. The molecule has 1 atom stereocenters. The quantitative estimate of drug-likeness (QED) is 0.871. The van der Waals surface area contributed by atoms with Gasteiger partial charge in [0.25, 0.3) is 0 Å². The summed E-state index contributed by atoms with van der Waals surface area (Å²) in [5, 5.41) is 7.54. The second kappa shape index (κ2) is 4.97. The van der Waals surface area contributed by atoms with Crippen LogP contribution < -0.4 is 5.32 Å². The Bertz CT molecular complexity index is 375. The van der Waals surface area contributed by atoms with E-state index in [-0.39, 0.29) is 11.9 Å². The average Bonchev–Trinajstić information content (AvgIpc) is 2.80. The Morgan fingerprint density at radius 2 is 2.38 bits per heavy atom. The highest BCUT2D eigenvalue weighted by Gasteiger charge is 2.30. The van der Waals surface area contributed by atoms with Gasteiger partial charge in [-0.1, -0.05) is 13.3 Å². The molecule has 0 radical (unpaired) electrons. The standard InChI is InChI=1S/C12H18N2OS/c1-3-4-11-12(15)14(8-13-11)5-10-7-16-6-9(10)2/h6-7,11,13H,3-5,8H2,1-2H3. The molecule has 1 saturated heterocycles. The van der Waals surface area contributed by atoms with Crippen LogP contribution >= 0.6 is 11.3 Å². The summed E-state index contributed by atoms with van der Waals surface area (Å²) in [6, 6.07) is 0.0453. The maximum atomic E-state index is 12.0. The Balaban J connectivity index is 1.97. The lowest BCUT2D eigenvalue weighted by Gasteiger charge is -2.15. The molecule has 1 aromatic rings. The number of carbonyl (C=O) groups is 1. The van der Waals surface area contributed by atoms with Crippen LogP contribution in [0.1, 0.15) is 30.9 Å². The van der Waals surface area contributed by atoms with Crippen molar-refractivity contribution in [1.29, 1.82) is 0 Å². The minimum absolute atomic E-state index is 0.0453. The molecule has 1 unspecified atom stereocenters. The average molecular weight is 238 g/mol. The molecule has 16 heavy (non-hydrogen) atoms. The van der Waals surface area contributed by atoms with E-state index >= 15 is 0 Å². The Morgan fingerprint density at radius 3 is 3.00 bits per heavy atom. The molecule has 0 aliphatic carbocycles. The Labute approximate surface area is 100 Å². The first-order valence-corrected chi connectivity index (χ1v) is 6.70. The molecule has 1 aromatic heterocycles. The van der Waals surface area contributed by atoms with E-state index in [0.29, 0.717) is 6.67 Å². The van der Waals surface area contributed by atoms with Gasteiger partial charge in [-0.15, -0.1) is 0 Å². The highest BCUT2D eigenvalue weighted by molar-refractivity contribution is 7.08. The molecule has 3 nitrogen and oxygen atoms in total. The number of aryl methyl sites for hydroxylation is 1. The van der Waals surface area contributed by atoms with Crippen molar-refractivity contribution in [3.63, 3.8) is 0 Å². The molecular weight excluding hydrogens is 220 g/mol. The SMILES string of the molecule is CCCC1NCN(Cc2cscc2C)C1=O. The zero-order valence-corrected chi connectivity index (χ0v) is 10.6. The summed E-state index contributed by atoms with van der Waals surface area (Å²) >= 11 is 1.70. The van der Waals surface area contributed by atoms with Crippen LogP contribution in [0.3, 0.4) is 0 Å². The van der Waals surface area contributed by atoms with E-state index in [9.17, 15) is 4.79 Å². The molecule has 88 valence electrons. The van der Waals surface area contributed by atoms with Gasteiger partial charge in [0.05, 0.1) is 12.7 Å². The molecule has 2 heterocycles. The second-order valence-electron chi connectivity index (χ2n) is 4.32. The van der Waals surface area contributed by atoms with Crippen molar-refractivity contribution < 1.29 is 4.79 Å². The molecule has 1 amide bonds. The maximum absolute atomic E-state index is 12.0. The first-order valence-electron chi connectivity index (χ1n) is 5.76. The monoisotopic (exact) mass is 238 g/mol. The third-order valence-electron chi connectivity index (χ3n) is 3.04. The Hall–Kier alpha value is -0.870. The van der Waals surface area contributed by atoms with Gasteiger partial charge < -0.3 is 4.90 Å². The summed E-state index contributed by atoms with van der Waals surface area (Å²) in [6.07, 6.45) is 1.99. The molecule has 2 rings (SSSR count). The van der Waals surface area contributed by atoms with Crippen LogP contribution in [0.2, 0.25) is 0 Å². The molecule has 1 N–H and O–H groups in total. The van der Waals surface area contributed by atoms with Gasteiger partial charge in [0.15, 0.2) is 0 Å². The molecular formula is C12H18N2OS. The van der Waals surface area contributed by atoms with Gasteiger partial charge in [-0.3, -0.25) is 10.1 Å². The van der Waals surface area contributed by atoms with Crippen LogP contribution in [-0.2, 0) is 11.3 Å². The van der Waals surface area contributed by atoms with Crippen molar-refractivity contribution in [3.8, 4) is 0 Å². The highest BCUT2D eigenvalue weighted by atomic mass is 32.1. The molecule has 0 aromatic carbocycles. The molecule has 4 heteroatoms. The minimum atomic E-state index is 0.0453. The summed E-state index contributed by atoms with van der Waals surface area (Å²) < 4.78 is 0. The predicted octanol–water partition coefficient (Wildman–Crippen LogP) is 2.11. The fourth-order valence-corrected chi connectivity index (χ4v) is 2.86. The molecule has 0 bridgehead atoms. The number of hydrogen-bond acceptors (Lipinski definition) is 3. The van der Waals surface area contributed by atoms with Crippen LogP contribution in [-0.4, -0.2) is 23.5 Å². The molecule has 0 spiro atoms. The number of hydrogen-bond donors (Lipinski definition) is 1. The lowest BCUT2D eigenvalue weighted by molar-refractivity contribution is -0.129. The van der Waals surface area contributed by atoms with Gasteiger partial charge >= 0.3 is 0 Å². The van der Waals surface area contributed by atoms with Crippen LogP contribution in [0, 0.1) is 6.92 Å². The number of rotatable bonds is 4. The van der Waals surface area contributed by atoms with E-state index in [2.05, 4.69) is 29.9 Å². The van der Waals surface area contributed by atoms with E-state index in [1.165, 1.54) is 11.1 Å². The van der Waals surface area contributed by atoms with Gasteiger partial charge in [0.2, 0.25) is 5.91 Å². The first kappa shape index (κ1) is 11.6. The van der Waals surface area contributed by atoms with Gasteiger partial charge in [-0.25, -0.2) is 0 Å². The van der Waals surface area contributed by atoms with Crippen LogP contribution in [0.5, 0.6) is 0 Å².